The van der Waals surface area contributed by atoms with Crippen molar-refractivity contribution in [2.75, 3.05) is 5.32 Å². The fourth-order valence-electron chi connectivity index (χ4n) is 2.45. The molecule has 0 aromatic heterocycles. The molecule has 2 aromatic rings. The van der Waals surface area contributed by atoms with Gasteiger partial charge in [0, 0.05) is 17.7 Å². The van der Waals surface area contributed by atoms with Gasteiger partial charge in [-0.2, -0.15) is 0 Å². The minimum Gasteiger partial charge on any atom is -0.457 e. The summed E-state index contributed by atoms with van der Waals surface area (Å²) in [5, 5.41) is 5.76. The minimum absolute atomic E-state index is 0.156. The zero-order valence-electron chi connectivity index (χ0n) is 12.9. The number of ether oxygens (including phenoxy) is 1. The molecule has 3 rings (SSSR count). The van der Waals surface area contributed by atoms with E-state index in [1.807, 2.05) is 36.4 Å². The van der Waals surface area contributed by atoms with Crippen molar-refractivity contribution in [2.24, 2.45) is 0 Å². The first-order valence-corrected chi connectivity index (χ1v) is 7.97. The molecular weight excluding hydrogens is 324 g/mol. The van der Waals surface area contributed by atoms with Crippen molar-refractivity contribution in [3.8, 4) is 0 Å². The molecule has 5 nitrogen and oxygen atoms in total. The molecular formula is C18H16N2O3S. The lowest BCUT2D eigenvalue weighted by molar-refractivity contribution is -0.119. The first-order chi connectivity index (χ1) is 11.6. The van der Waals surface area contributed by atoms with Crippen molar-refractivity contribution in [3.05, 3.63) is 65.2 Å². The second-order valence-electron chi connectivity index (χ2n) is 5.44. The summed E-state index contributed by atoms with van der Waals surface area (Å²) in [6.07, 6.45) is 1.00. The van der Waals surface area contributed by atoms with Crippen LogP contribution in [0.25, 0.3) is 0 Å². The molecule has 2 aromatic carbocycles. The average Bonchev–Trinajstić information content (AvgIpc) is 2.95. The van der Waals surface area contributed by atoms with Crippen LogP contribution < -0.4 is 10.6 Å². The Hall–Kier alpha value is -2.73. The molecule has 122 valence electrons. The van der Waals surface area contributed by atoms with Gasteiger partial charge in [-0.15, -0.1) is 0 Å². The molecule has 0 unspecified atom stereocenters. The number of rotatable bonds is 4. The van der Waals surface area contributed by atoms with Crippen LogP contribution in [0.1, 0.15) is 27.9 Å². The smallest absolute Gasteiger partial charge is 0.338 e. The van der Waals surface area contributed by atoms with Gasteiger partial charge in [-0.05, 0) is 36.3 Å². The summed E-state index contributed by atoms with van der Waals surface area (Å²) in [6.45, 7) is 0.301. The fraction of sp³-hybridized carbons (Fsp3) is 0.167. The number of thiocarbonyl (C=S) groups is 1. The van der Waals surface area contributed by atoms with Crippen molar-refractivity contribution in [3.63, 3.8) is 0 Å². The van der Waals surface area contributed by atoms with Crippen LogP contribution in [0.5, 0.6) is 0 Å². The average molecular weight is 340 g/mol. The molecule has 1 aliphatic rings. The number of hydrogen-bond donors (Lipinski definition) is 2. The van der Waals surface area contributed by atoms with Crippen LogP contribution in [-0.4, -0.2) is 17.0 Å². The van der Waals surface area contributed by atoms with Gasteiger partial charge >= 0.3 is 5.97 Å². The van der Waals surface area contributed by atoms with Crippen LogP contribution in [0.3, 0.4) is 0 Å². The number of esters is 1. The highest BCUT2D eigenvalue weighted by molar-refractivity contribution is 7.80. The number of hydrogen-bond acceptors (Lipinski definition) is 4. The maximum Gasteiger partial charge on any atom is 0.338 e. The zero-order chi connectivity index (χ0) is 16.9. The highest BCUT2D eigenvalue weighted by Gasteiger charge is 2.21. The maximum absolute atomic E-state index is 11.9. The van der Waals surface area contributed by atoms with E-state index in [1.54, 1.807) is 12.1 Å². The molecule has 0 bridgehead atoms. The zero-order valence-corrected chi connectivity index (χ0v) is 13.7. The third-order valence-electron chi connectivity index (χ3n) is 3.68. The summed E-state index contributed by atoms with van der Waals surface area (Å²) < 4.78 is 4.95. The number of anilines is 1. The Balaban J connectivity index is 1.51. The first kappa shape index (κ1) is 16.1. The fourth-order valence-corrected chi connectivity index (χ4v) is 2.68. The lowest BCUT2D eigenvalue weighted by Gasteiger charge is -2.10. The summed E-state index contributed by atoms with van der Waals surface area (Å²) >= 11 is 5.14. The normalized spacial score (nSPS) is 12.2. The van der Waals surface area contributed by atoms with Gasteiger partial charge in [0.15, 0.2) is 5.11 Å². The van der Waals surface area contributed by atoms with Crippen LogP contribution in [0.2, 0.25) is 0 Å². The highest BCUT2D eigenvalue weighted by atomic mass is 32.1. The van der Waals surface area contributed by atoms with Crippen molar-refractivity contribution >= 4 is 34.9 Å². The number of amides is 1. The van der Waals surface area contributed by atoms with Gasteiger partial charge in [0.2, 0.25) is 5.91 Å². The number of carbonyl (C=O) groups excluding carboxylic acids is 2. The van der Waals surface area contributed by atoms with Gasteiger partial charge in [-0.3, -0.25) is 4.79 Å². The second-order valence-corrected chi connectivity index (χ2v) is 5.84. The molecule has 0 spiro atoms. The van der Waals surface area contributed by atoms with E-state index in [2.05, 4.69) is 10.6 Å². The summed E-state index contributed by atoms with van der Waals surface area (Å²) in [7, 11) is 0. The monoisotopic (exact) mass is 340 g/mol. The summed E-state index contributed by atoms with van der Waals surface area (Å²) in [6, 6.07) is 15.1. The molecule has 1 heterocycles. The molecule has 1 aliphatic heterocycles. The van der Waals surface area contributed by atoms with Crippen LogP contribution in [0, 0.1) is 0 Å². The molecule has 2 N–H and O–H groups in total. The third kappa shape index (κ3) is 3.97. The number of cyclic esters (lactones) is 1. The Morgan fingerprint density at radius 3 is 2.75 bits per heavy atom. The predicted octanol–water partition coefficient (Wildman–Crippen LogP) is 2.80. The number of carbonyl (C=O) groups is 2. The Kier molecular flexibility index (Phi) is 4.86. The quantitative estimate of drug-likeness (QED) is 0.662. The summed E-state index contributed by atoms with van der Waals surface area (Å²) in [4.78, 5) is 23.5. The van der Waals surface area contributed by atoms with Crippen LogP contribution in [0.4, 0.5) is 5.69 Å². The van der Waals surface area contributed by atoms with Crippen molar-refractivity contribution < 1.29 is 14.3 Å². The molecule has 0 saturated heterocycles. The number of aryl methyl sites for hydroxylation is 1. The second kappa shape index (κ2) is 7.23. The van der Waals surface area contributed by atoms with E-state index in [9.17, 15) is 9.59 Å². The molecule has 0 fully saturated rings. The predicted molar refractivity (Wildman–Crippen MR) is 94.7 cm³/mol. The van der Waals surface area contributed by atoms with E-state index in [0.717, 1.165) is 11.1 Å². The van der Waals surface area contributed by atoms with E-state index >= 15 is 0 Å². The molecule has 24 heavy (non-hydrogen) atoms. The topological polar surface area (TPSA) is 67.4 Å². The Morgan fingerprint density at radius 1 is 1.17 bits per heavy atom. The maximum atomic E-state index is 11.9. The van der Waals surface area contributed by atoms with E-state index in [-0.39, 0.29) is 17.0 Å². The number of fused-ring (bicyclic) bond motifs is 1. The van der Waals surface area contributed by atoms with Gasteiger partial charge in [0.05, 0.1) is 5.56 Å². The van der Waals surface area contributed by atoms with Gasteiger partial charge in [0.25, 0.3) is 0 Å². The van der Waals surface area contributed by atoms with Gasteiger partial charge in [-0.25, -0.2) is 4.79 Å². The van der Waals surface area contributed by atoms with Crippen molar-refractivity contribution in [1.29, 1.82) is 0 Å². The molecule has 0 atom stereocenters. The first-order valence-electron chi connectivity index (χ1n) is 7.56. The Morgan fingerprint density at radius 2 is 1.96 bits per heavy atom. The van der Waals surface area contributed by atoms with E-state index in [1.165, 1.54) is 0 Å². The summed E-state index contributed by atoms with van der Waals surface area (Å²) in [5.41, 5.74) is 3.12. The van der Waals surface area contributed by atoms with Crippen LogP contribution in [-0.2, 0) is 22.6 Å². The minimum atomic E-state index is -0.341. The van der Waals surface area contributed by atoms with E-state index in [0.29, 0.717) is 30.7 Å². The molecule has 1 amide bonds. The van der Waals surface area contributed by atoms with Crippen molar-refractivity contribution in [2.45, 2.75) is 19.4 Å². The number of nitrogens with one attached hydrogen (secondary N) is 2. The molecule has 0 aliphatic carbocycles. The molecule has 0 radical (unpaired) electrons. The van der Waals surface area contributed by atoms with Crippen LogP contribution >= 0.6 is 12.2 Å². The Bertz CT molecular complexity index is 790. The molecule has 0 saturated carbocycles. The third-order valence-corrected chi connectivity index (χ3v) is 3.89. The lowest BCUT2D eigenvalue weighted by Crippen LogP contribution is -2.34. The summed E-state index contributed by atoms with van der Waals surface area (Å²) in [5.74, 6) is -0.497. The SMILES string of the molecule is O=C(CCc1ccccc1)NC(=S)Nc1ccc2c(c1)C(=O)OC2. The standard InChI is InChI=1S/C18H16N2O3S/c21-16(9-6-12-4-2-1-3-5-12)20-18(24)19-14-8-7-13-11-23-17(22)15(13)10-14/h1-5,7-8,10H,6,9,11H2,(H2,19,20,21,24). The molecule has 6 heteroatoms. The van der Waals surface area contributed by atoms with Gasteiger partial charge < -0.3 is 15.4 Å². The Labute approximate surface area is 145 Å². The van der Waals surface area contributed by atoms with E-state index < -0.39 is 0 Å². The van der Waals surface area contributed by atoms with Gasteiger partial charge in [-0.1, -0.05) is 36.4 Å². The van der Waals surface area contributed by atoms with Crippen LogP contribution in [0.15, 0.2) is 48.5 Å². The van der Waals surface area contributed by atoms with Crippen molar-refractivity contribution in [1.82, 2.24) is 5.32 Å². The lowest BCUT2D eigenvalue weighted by atomic mass is 10.1. The largest absolute Gasteiger partial charge is 0.457 e. The van der Waals surface area contributed by atoms with E-state index in [4.69, 9.17) is 17.0 Å². The number of benzene rings is 2. The highest BCUT2D eigenvalue weighted by Crippen LogP contribution is 2.23. The van der Waals surface area contributed by atoms with Gasteiger partial charge in [0.1, 0.15) is 6.61 Å².